The predicted molar refractivity (Wildman–Crippen MR) is 82.3 cm³/mol. The molecule has 0 saturated carbocycles. The first-order valence-corrected chi connectivity index (χ1v) is 8.34. The number of hydrogen-bond acceptors (Lipinski definition) is 5. The number of aromatic nitrogens is 2. The largest absolute Gasteiger partial charge is 0.311 e. The fourth-order valence-corrected chi connectivity index (χ4v) is 4.09. The summed E-state index contributed by atoms with van der Waals surface area (Å²) < 4.78 is 0.844. The van der Waals surface area contributed by atoms with Gasteiger partial charge in [-0.25, -0.2) is 0 Å². The van der Waals surface area contributed by atoms with Crippen molar-refractivity contribution >= 4 is 34.7 Å². The van der Waals surface area contributed by atoms with Gasteiger partial charge in [0, 0.05) is 12.2 Å². The summed E-state index contributed by atoms with van der Waals surface area (Å²) in [5, 5.41) is 7.65. The number of rotatable bonds is 3. The van der Waals surface area contributed by atoms with E-state index in [4.69, 9.17) is 0 Å². The van der Waals surface area contributed by atoms with E-state index in [2.05, 4.69) is 16.3 Å². The molecule has 104 valence electrons. The minimum atomic E-state index is -0.144. The normalized spacial score (nSPS) is 15.8. The van der Waals surface area contributed by atoms with Gasteiger partial charge in [-0.2, -0.15) is 0 Å². The highest BCUT2D eigenvalue weighted by Gasteiger charge is 2.27. The molecule has 0 aliphatic carbocycles. The molecule has 1 aliphatic heterocycles. The minimum Gasteiger partial charge on any atom is -0.311 e. The van der Waals surface area contributed by atoms with Crippen molar-refractivity contribution in [2.24, 2.45) is 0 Å². The molecule has 0 fully saturated rings. The van der Waals surface area contributed by atoms with E-state index in [1.54, 1.807) is 5.51 Å². The molecule has 2 aromatic rings. The molecule has 2 heterocycles. The molecule has 0 spiro atoms. The number of nitrogens with zero attached hydrogens (tertiary/aromatic N) is 3. The lowest BCUT2D eigenvalue weighted by Crippen LogP contribution is -2.40. The van der Waals surface area contributed by atoms with Gasteiger partial charge >= 0.3 is 0 Å². The molecular formula is C14H15N3OS2. The minimum absolute atomic E-state index is 0.144. The van der Waals surface area contributed by atoms with Crippen molar-refractivity contribution in [3.63, 3.8) is 0 Å². The van der Waals surface area contributed by atoms with Gasteiger partial charge in [-0.1, -0.05) is 41.3 Å². The topological polar surface area (TPSA) is 46.1 Å². The zero-order chi connectivity index (χ0) is 13.9. The third-order valence-electron chi connectivity index (χ3n) is 3.34. The van der Waals surface area contributed by atoms with Crippen LogP contribution in [0.2, 0.25) is 0 Å². The van der Waals surface area contributed by atoms with Crippen molar-refractivity contribution in [2.75, 3.05) is 11.4 Å². The van der Waals surface area contributed by atoms with Crippen LogP contribution in [-0.4, -0.2) is 27.9 Å². The maximum atomic E-state index is 12.6. The lowest BCUT2D eigenvalue weighted by Gasteiger charge is -2.31. The number of anilines is 1. The summed E-state index contributed by atoms with van der Waals surface area (Å²) in [7, 11) is 0. The number of benzene rings is 1. The smallest absolute Gasteiger partial charge is 0.240 e. The number of aryl methyl sites for hydroxylation is 1. The second-order valence-corrected chi connectivity index (χ2v) is 7.11. The molecule has 1 aromatic heterocycles. The molecule has 20 heavy (non-hydrogen) atoms. The number of thioether (sulfide) groups is 1. The number of para-hydroxylation sites is 1. The zero-order valence-corrected chi connectivity index (χ0v) is 12.8. The summed E-state index contributed by atoms with van der Waals surface area (Å²) in [4.78, 5) is 14.6. The first kappa shape index (κ1) is 13.6. The van der Waals surface area contributed by atoms with Crippen LogP contribution in [-0.2, 0) is 11.2 Å². The molecule has 4 nitrogen and oxygen atoms in total. The first-order chi connectivity index (χ1) is 9.75. The number of amides is 1. The third-order valence-corrected chi connectivity index (χ3v) is 5.24. The lowest BCUT2D eigenvalue weighted by molar-refractivity contribution is -0.117. The Bertz CT molecular complexity index is 600. The Balaban J connectivity index is 1.77. The standard InChI is InChI=1S/C14H15N3OS2/c1-10(20-14-16-15-9-19-14)13(18)17-8-4-6-11-5-2-3-7-12(11)17/h2-3,5,7,9-10H,4,6,8H2,1H3/t10-/m1/s1. The maximum absolute atomic E-state index is 12.6. The number of fused-ring (bicyclic) bond motifs is 1. The highest BCUT2D eigenvalue weighted by molar-refractivity contribution is 8.02. The lowest BCUT2D eigenvalue weighted by atomic mass is 10.0. The fraction of sp³-hybridized carbons (Fsp3) is 0.357. The van der Waals surface area contributed by atoms with Crippen LogP contribution >= 0.6 is 23.1 Å². The molecular weight excluding hydrogens is 290 g/mol. The molecule has 1 atom stereocenters. The Kier molecular flexibility index (Phi) is 4.03. The van der Waals surface area contributed by atoms with Crippen LogP contribution in [0.25, 0.3) is 0 Å². The third kappa shape index (κ3) is 2.71. The van der Waals surface area contributed by atoms with E-state index in [0.717, 1.165) is 29.4 Å². The Morgan fingerprint density at radius 3 is 3.10 bits per heavy atom. The van der Waals surface area contributed by atoms with Gasteiger partial charge in [0.2, 0.25) is 5.91 Å². The van der Waals surface area contributed by atoms with Crippen LogP contribution in [0.15, 0.2) is 34.1 Å². The highest BCUT2D eigenvalue weighted by Crippen LogP contribution is 2.31. The van der Waals surface area contributed by atoms with E-state index in [1.165, 1.54) is 28.7 Å². The van der Waals surface area contributed by atoms with Gasteiger partial charge in [0.1, 0.15) is 5.51 Å². The van der Waals surface area contributed by atoms with E-state index in [-0.39, 0.29) is 11.2 Å². The monoisotopic (exact) mass is 305 g/mol. The SMILES string of the molecule is C[C@@H](Sc1nncs1)C(=O)N1CCCc2ccccc21. The summed E-state index contributed by atoms with van der Waals surface area (Å²) in [6.07, 6.45) is 2.08. The van der Waals surface area contributed by atoms with Gasteiger partial charge in [-0.15, -0.1) is 10.2 Å². The van der Waals surface area contributed by atoms with E-state index in [1.807, 2.05) is 30.0 Å². The Morgan fingerprint density at radius 2 is 2.30 bits per heavy atom. The van der Waals surface area contributed by atoms with Crippen LogP contribution < -0.4 is 4.90 Å². The van der Waals surface area contributed by atoms with E-state index in [9.17, 15) is 4.79 Å². The molecule has 0 saturated heterocycles. The van der Waals surface area contributed by atoms with Crippen molar-refractivity contribution in [2.45, 2.75) is 29.4 Å². The van der Waals surface area contributed by atoms with E-state index in [0.29, 0.717) is 0 Å². The van der Waals surface area contributed by atoms with Crippen LogP contribution in [0, 0.1) is 0 Å². The van der Waals surface area contributed by atoms with Crippen LogP contribution in [0.1, 0.15) is 18.9 Å². The van der Waals surface area contributed by atoms with Crippen molar-refractivity contribution in [1.82, 2.24) is 10.2 Å². The molecule has 1 aromatic carbocycles. The van der Waals surface area contributed by atoms with E-state index < -0.39 is 0 Å². The number of carbonyl (C=O) groups excluding carboxylic acids is 1. The molecule has 0 bridgehead atoms. The molecule has 1 aliphatic rings. The Labute approximate surface area is 126 Å². The van der Waals surface area contributed by atoms with Crippen molar-refractivity contribution in [3.8, 4) is 0 Å². The van der Waals surface area contributed by atoms with Crippen LogP contribution in [0.5, 0.6) is 0 Å². The fourth-order valence-electron chi connectivity index (χ4n) is 2.40. The first-order valence-electron chi connectivity index (χ1n) is 6.58. The molecule has 0 radical (unpaired) electrons. The van der Waals surface area contributed by atoms with Gasteiger partial charge < -0.3 is 4.90 Å². The average Bonchev–Trinajstić information content (AvgIpc) is 2.99. The second kappa shape index (κ2) is 5.93. The van der Waals surface area contributed by atoms with Gasteiger partial charge in [-0.3, -0.25) is 4.79 Å². The second-order valence-electron chi connectivity index (χ2n) is 4.69. The van der Waals surface area contributed by atoms with Crippen molar-refractivity contribution < 1.29 is 4.79 Å². The van der Waals surface area contributed by atoms with Gasteiger partial charge in [0.25, 0.3) is 0 Å². The molecule has 0 N–H and O–H groups in total. The Morgan fingerprint density at radius 1 is 1.45 bits per heavy atom. The van der Waals surface area contributed by atoms with Crippen LogP contribution in [0.4, 0.5) is 5.69 Å². The number of carbonyl (C=O) groups is 1. The zero-order valence-electron chi connectivity index (χ0n) is 11.2. The Hall–Kier alpha value is -1.40. The summed E-state index contributed by atoms with van der Waals surface area (Å²) in [5.74, 6) is 0.150. The summed E-state index contributed by atoms with van der Waals surface area (Å²) in [6.45, 7) is 2.74. The molecule has 0 unspecified atom stereocenters. The predicted octanol–water partition coefficient (Wildman–Crippen LogP) is 3.00. The van der Waals surface area contributed by atoms with E-state index >= 15 is 0 Å². The summed E-state index contributed by atoms with van der Waals surface area (Å²) >= 11 is 2.95. The molecule has 3 rings (SSSR count). The van der Waals surface area contributed by atoms with Crippen LogP contribution in [0.3, 0.4) is 0 Å². The quantitative estimate of drug-likeness (QED) is 0.818. The maximum Gasteiger partial charge on any atom is 0.240 e. The van der Waals surface area contributed by atoms with Gasteiger partial charge in [0.15, 0.2) is 4.34 Å². The van der Waals surface area contributed by atoms with Gasteiger partial charge in [0.05, 0.1) is 5.25 Å². The van der Waals surface area contributed by atoms with Crippen molar-refractivity contribution in [1.29, 1.82) is 0 Å². The van der Waals surface area contributed by atoms with Gasteiger partial charge in [-0.05, 0) is 31.4 Å². The number of hydrogen-bond donors (Lipinski definition) is 0. The molecule has 1 amide bonds. The highest BCUT2D eigenvalue weighted by atomic mass is 32.2. The van der Waals surface area contributed by atoms with Crippen molar-refractivity contribution in [3.05, 3.63) is 35.3 Å². The summed E-state index contributed by atoms with van der Waals surface area (Å²) in [5.41, 5.74) is 4.02. The molecule has 6 heteroatoms. The average molecular weight is 305 g/mol. The summed E-state index contributed by atoms with van der Waals surface area (Å²) in [6, 6.07) is 8.17.